The van der Waals surface area contributed by atoms with E-state index in [0.29, 0.717) is 41.4 Å². The van der Waals surface area contributed by atoms with E-state index in [1.807, 2.05) is 6.07 Å². The SMILES string of the molecule is COc1ccc(CNC(=O)c2cc(C#N)ccc2NC2CCCN(S(C)(=O)=O)C2)cc1OC. The second kappa shape index (κ2) is 10.6. The lowest BCUT2D eigenvalue weighted by atomic mass is 10.0. The highest BCUT2D eigenvalue weighted by Gasteiger charge is 2.26. The first kappa shape index (κ1) is 24.4. The van der Waals surface area contributed by atoms with E-state index in [0.717, 1.165) is 18.4 Å². The summed E-state index contributed by atoms with van der Waals surface area (Å²) in [7, 11) is -0.190. The molecule has 2 aromatic carbocycles. The first-order chi connectivity index (χ1) is 15.7. The van der Waals surface area contributed by atoms with Crippen molar-refractivity contribution in [3.05, 3.63) is 53.1 Å². The van der Waals surface area contributed by atoms with Gasteiger partial charge in [-0.3, -0.25) is 4.79 Å². The van der Waals surface area contributed by atoms with E-state index >= 15 is 0 Å². The maximum atomic E-state index is 13.0. The summed E-state index contributed by atoms with van der Waals surface area (Å²) in [5.74, 6) is 0.808. The second-order valence-electron chi connectivity index (χ2n) is 7.85. The molecule has 0 aliphatic carbocycles. The minimum atomic E-state index is -3.29. The molecule has 1 aliphatic rings. The number of hydrogen-bond acceptors (Lipinski definition) is 7. The normalized spacial score (nSPS) is 16.5. The van der Waals surface area contributed by atoms with Crippen LogP contribution in [0.4, 0.5) is 5.69 Å². The zero-order chi connectivity index (χ0) is 24.0. The fourth-order valence-electron chi connectivity index (χ4n) is 3.78. The molecule has 1 heterocycles. The van der Waals surface area contributed by atoms with Gasteiger partial charge in [0.15, 0.2) is 11.5 Å². The molecular formula is C23H28N4O5S. The van der Waals surface area contributed by atoms with E-state index in [1.54, 1.807) is 38.5 Å². The molecule has 1 fully saturated rings. The van der Waals surface area contributed by atoms with E-state index in [1.165, 1.54) is 16.6 Å². The molecule has 3 rings (SSSR count). The number of nitrogens with one attached hydrogen (secondary N) is 2. The summed E-state index contributed by atoms with van der Waals surface area (Å²) in [4.78, 5) is 13.0. The maximum absolute atomic E-state index is 13.0. The van der Waals surface area contributed by atoms with Gasteiger partial charge >= 0.3 is 0 Å². The average molecular weight is 473 g/mol. The highest BCUT2D eigenvalue weighted by Crippen LogP contribution is 2.28. The standard InChI is InChI=1S/C23H28N4O5S/c1-31-21-9-7-17(12-22(21)32-2)14-25-23(28)19-11-16(13-24)6-8-20(19)26-18-5-4-10-27(15-18)33(3,29)30/h6-9,11-12,18,26H,4-5,10,14-15H2,1-3H3,(H,25,28). The van der Waals surface area contributed by atoms with Crippen LogP contribution in [0.25, 0.3) is 0 Å². The van der Waals surface area contributed by atoms with Gasteiger partial charge in [0.2, 0.25) is 10.0 Å². The van der Waals surface area contributed by atoms with Crippen molar-refractivity contribution in [3.63, 3.8) is 0 Å². The number of anilines is 1. The van der Waals surface area contributed by atoms with Crippen molar-refractivity contribution in [1.82, 2.24) is 9.62 Å². The van der Waals surface area contributed by atoms with Crippen molar-refractivity contribution in [2.75, 3.05) is 38.9 Å². The summed E-state index contributed by atoms with van der Waals surface area (Å²) in [5, 5.41) is 15.5. The highest BCUT2D eigenvalue weighted by atomic mass is 32.2. The Morgan fingerprint density at radius 1 is 1.18 bits per heavy atom. The van der Waals surface area contributed by atoms with Gasteiger partial charge in [-0.05, 0) is 48.7 Å². The summed E-state index contributed by atoms with van der Waals surface area (Å²) in [6.07, 6.45) is 2.70. The van der Waals surface area contributed by atoms with Gasteiger partial charge in [-0.25, -0.2) is 12.7 Å². The van der Waals surface area contributed by atoms with Crippen molar-refractivity contribution < 1.29 is 22.7 Å². The molecule has 1 atom stereocenters. The van der Waals surface area contributed by atoms with Crippen LogP contribution in [0, 0.1) is 11.3 Å². The topological polar surface area (TPSA) is 121 Å². The number of rotatable bonds is 8. The van der Waals surface area contributed by atoms with Gasteiger partial charge in [0.25, 0.3) is 5.91 Å². The number of sulfonamides is 1. The minimum absolute atomic E-state index is 0.140. The number of ether oxygens (including phenoxy) is 2. The molecule has 2 N–H and O–H groups in total. The Morgan fingerprint density at radius 3 is 2.61 bits per heavy atom. The molecule has 33 heavy (non-hydrogen) atoms. The smallest absolute Gasteiger partial charge is 0.253 e. The van der Waals surface area contributed by atoms with E-state index in [2.05, 4.69) is 16.7 Å². The van der Waals surface area contributed by atoms with Crippen LogP contribution < -0.4 is 20.1 Å². The van der Waals surface area contributed by atoms with Crippen molar-refractivity contribution in [3.8, 4) is 17.6 Å². The molecular weight excluding hydrogens is 444 g/mol. The van der Waals surface area contributed by atoms with Gasteiger partial charge in [0.1, 0.15) is 0 Å². The highest BCUT2D eigenvalue weighted by molar-refractivity contribution is 7.88. The van der Waals surface area contributed by atoms with E-state index in [9.17, 15) is 18.5 Å². The van der Waals surface area contributed by atoms with Crippen LogP contribution >= 0.6 is 0 Å². The predicted molar refractivity (Wildman–Crippen MR) is 125 cm³/mol. The molecule has 0 bridgehead atoms. The zero-order valence-corrected chi connectivity index (χ0v) is 19.7. The van der Waals surface area contributed by atoms with Crippen LogP contribution in [0.3, 0.4) is 0 Å². The van der Waals surface area contributed by atoms with Gasteiger partial charge in [-0.2, -0.15) is 5.26 Å². The van der Waals surface area contributed by atoms with Gasteiger partial charge < -0.3 is 20.1 Å². The Morgan fingerprint density at radius 2 is 1.94 bits per heavy atom. The molecule has 1 unspecified atom stereocenters. The number of methoxy groups -OCH3 is 2. The molecule has 10 heteroatoms. The average Bonchev–Trinajstić information content (AvgIpc) is 2.82. The summed E-state index contributed by atoms with van der Waals surface area (Å²) in [5.41, 5.74) is 2.06. The lowest BCUT2D eigenvalue weighted by molar-refractivity contribution is 0.0951. The molecule has 176 valence electrons. The van der Waals surface area contributed by atoms with E-state index < -0.39 is 10.0 Å². The largest absolute Gasteiger partial charge is 0.493 e. The number of hydrogen-bond donors (Lipinski definition) is 2. The van der Waals surface area contributed by atoms with E-state index in [4.69, 9.17) is 9.47 Å². The molecule has 1 amide bonds. The minimum Gasteiger partial charge on any atom is -0.493 e. The molecule has 0 aromatic heterocycles. The number of nitrogens with zero attached hydrogens (tertiary/aromatic N) is 2. The third-order valence-corrected chi connectivity index (χ3v) is 6.78. The van der Waals surface area contributed by atoms with Crippen LogP contribution in [0.1, 0.15) is 34.3 Å². The van der Waals surface area contributed by atoms with Gasteiger partial charge in [-0.1, -0.05) is 6.07 Å². The third kappa shape index (κ3) is 6.15. The van der Waals surface area contributed by atoms with Gasteiger partial charge in [0, 0.05) is 31.4 Å². The molecule has 1 aliphatic heterocycles. The molecule has 9 nitrogen and oxygen atoms in total. The van der Waals surface area contributed by atoms with Crippen LogP contribution in [0.5, 0.6) is 11.5 Å². The lowest BCUT2D eigenvalue weighted by Gasteiger charge is -2.32. The lowest BCUT2D eigenvalue weighted by Crippen LogP contribution is -2.44. The van der Waals surface area contributed by atoms with Crippen LogP contribution in [0.15, 0.2) is 36.4 Å². The number of amides is 1. The molecule has 0 saturated carbocycles. The zero-order valence-electron chi connectivity index (χ0n) is 18.9. The van der Waals surface area contributed by atoms with Crippen LogP contribution in [0.2, 0.25) is 0 Å². The fraction of sp³-hybridized carbons (Fsp3) is 0.391. The summed E-state index contributed by atoms with van der Waals surface area (Å²) < 4.78 is 35.8. The Bertz CT molecular complexity index is 1160. The number of benzene rings is 2. The van der Waals surface area contributed by atoms with Crippen molar-refractivity contribution >= 4 is 21.6 Å². The number of carbonyl (C=O) groups is 1. The quantitative estimate of drug-likeness (QED) is 0.605. The molecule has 0 spiro atoms. The predicted octanol–water partition coefficient (Wildman–Crippen LogP) is 2.34. The van der Waals surface area contributed by atoms with Gasteiger partial charge in [-0.15, -0.1) is 0 Å². The van der Waals surface area contributed by atoms with Crippen molar-refractivity contribution in [1.29, 1.82) is 5.26 Å². The number of nitriles is 1. The second-order valence-corrected chi connectivity index (χ2v) is 9.83. The van der Waals surface area contributed by atoms with E-state index in [-0.39, 0.29) is 18.5 Å². The summed E-state index contributed by atoms with van der Waals surface area (Å²) in [6, 6.07) is 12.1. The van der Waals surface area contributed by atoms with Crippen molar-refractivity contribution in [2.24, 2.45) is 0 Å². The maximum Gasteiger partial charge on any atom is 0.253 e. The van der Waals surface area contributed by atoms with Crippen molar-refractivity contribution in [2.45, 2.75) is 25.4 Å². The summed E-state index contributed by atoms with van der Waals surface area (Å²) in [6.45, 7) is 1.06. The van der Waals surface area contributed by atoms with Crippen LogP contribution in [-0.2, 0) is 16.6 Å². The Balaban J connectivity index is 1.76. The Kier molecular flexibility index (Phi) is 7.79. The third-order valence-electron chi connectivity index (χ3n) is 5.51. The monoisotopic (exact) mass is 472 g/mol. The Labute approximate surface area is 194 Å². The first-order valence-corrected chi connectivity index (χ1v) is 12.3. The summed E-state index contributed by atoms with van der Waals surface area (Å²) >= 11 is 0. The first-order valence-electron chi connectivity index (χ1n) is 10.5. The van der Waals surface area contributed by atoms with Crippen LogP contribution in [-0.4, -0.2) is 58.2 Å². The fourth-order valence-corrected chi connectivity index (χ4v) is 4.69. The molecule has 0 radical (unpaired) electrons. The van der Waals surface area contributed by atoms with Gasteiger partial charge in [0.05, 0.1) is 37.7 Å². The number of piperidine rings is 1. The Hall–Kier alpha value is -3.29. The number of carbonyl (C=O) groups excluding carboxylic acids is 1. The molecule has 2 aromatic rings. The molecule has 1 saturated heterocycles.